The summed E-state index contributed by atoms with van der Waals surface area (Å²) in [4.78, 5) is 28.8. The number of Topliss-reactive ketones (excluding diaryl/α,β-unsaturated/α-hetero) is 1. The van der Waals surface area contributed by atoms with E-state index in [-0.39, 0.29) is 63.1 Å². The topological polar surface area (TPSA) is 62.0 Å². The van der Waals surface area contributed by atoms with E-state index in [9.17, 15) is 9.59 Å². The molecule has 0 bridgehead atoms. The number of aromatic nitrogens is 1. The average molecular weight is 617 g/mol. The second-order valence-electron chi connectivity index (χ2n) is 11.0. The summed E-state index contributed by atoms with van der Waals surface area (Å²) in [5, 5.41) is 2.86. The summed E-state index contributed by atoms with van der Waals surface area (Å²) in [6.07, 6.45) is 4.44. The standard InChI is InChI=1S/C22H18N2O2S.3C4H10.C2H6.K/c1-12-20(13(2)25)21(14-6-4-3-5-7-14)19(23-12)11-17-16-10-15(27)8-9-18(16)24-22(17)26;2*1-4(2)3;1-3-4-2;1-2;/h3-11,23,27H,1-2H3,(H,24,26);2*4H,1-3H3;3-4H2,1-2H3;1-2H3;/q;;;;;+1/p-1/b17-11-;;;;;. The van der Waals surface area contributed by atoms with Gasteiger partial charge in [-0.25, -0.2) is 0 Å². The number of H-pyrrole nitrogens is 1. The Morgan fingerprint density at radius 3 is 1.86 bits per heavy atom. The Hall–Kier alpha value is -1.54. The number of aromatic amines is 1. The van der Waals surface area contributed by atoms with Gasteiger partial charge in [-0.1, -0.05) is 125 Å². The normalized spacial score (nSPS) is 11.8. The summed E-state index contributed by atoms with van der Waals surface area (Å²) in [5.41, 5.74) is 5.95. The molecule has 0 unspecified atom stereocenters. The molecule has 1 amide bonds. The molecule has 4 rings (SSSR count). The van der Waals surface area contributed by atoms with Crippen LogP contribution in [0.25, 0.3) is 22.8 Å². The van der Waals surface area contributed by atoms with Gasteiger partial charge in [0.05, 0.1) is 5.57 Å². The molecule has 0 fully saturated rings. The minimum absolute atomic E-state index is 0. The Morgan fingerprint density at radius 1 is 0.905 bits per heavy atom. The maximum Gasteiger partial charge on any atom is 1.00 e. The van der Waals surface area contributed by atoms with E-state index in [1.165, 1.54) is 12.8 Å². The van der Waals surface area contributed by atoms with Crippen LogP contribution in [0.2, 0.25) is 0 Å². The first-order chi connectivity index (χ1) is 19.3. The maximum absolute atomic E-state index is 12.5. The Labute approximate surface area is 304 Å². The smallest absolute Gasteiger partial charge is 0.780 e. The summed E-state index contributed by atoms with van der Waals surface area (Å²) in [5.74, 6) is 1.47. The van der Waals surface area contributed by atoms with Crippen molar-refractivity contribution in [3.63, 3.8) is 0 Å². The van der Waals surface area contributed by atoms with Crippen molar-refractivity contribution in [3.05, 3.63) is 71.0 Å². The fourth-order valence-corrected chi connectivity index (χ4v) is 3.74. The Balaban J connectivity index is 0. The van der Waals surface area contributed by atoms with Crippen LogP contribution in [0.1, 0.15) is 116 Å². The van der Waals surface area contributed by atoms with Gasteiger partial charge in [0.2, 0.25) is 0 Å². The third-order valence-electron chi connectivity index (χ3n) is 5.19. The van der Waals surface area contributed by atoms with Gasteiger partial charge in [-0.05, 0) is 43.4 Å². The third-order valence-corrected chi connectivity index (χ3v) is 5.45. The number of nitrogens with one attached hydrogen (secondary N) is 2. The molecule has 4 nitrogen and oxygen atoms in total. The zero-order chi connectivity index (χ0) is 31.7. The van der Waals surface area contributed by atoms with Crippen LogP contribution in [0.4, 0.5) is 5.69 Å². The third kappa shape index (κ3) is 14.8. The maximum atomic E-state index is 12.5. The van der Waals surface area contributed by atoms with Crippen molar-refractivity contribution < 1.29 is 61.0 Å². The second-order valence-corrected chi connectivity index (χ2v) is 11.5. The van der Waals surface area contributed by atoms with Crippen molar-refractivity contribution in [1.82, 2.24) is 4.98 Å². The Bertz CT molecular complexity index is 1230. The number of ketones is 1. The van der Waals surface area contributed by atoms with Gasteiger partial charge in [-0.15, -0.1) is 0 Å². The fraction of sp³-hybridized carbons (Fsp3) is 0.444. The molecule has 0 atom stereocenters. The minimum Gasteiger partial charge on any atom is -0.780 e. The Kier molecular flexibility index (Phi) is 23.2. The molecular weight excluding hydrogens is 564 g/mol. The molecule has 1 aliphatic heterocycles. The summed E-state index contributed by atoms with van der Waals surface area (Å²) in [6.45, 7) is 24.8. The van der Waals surface area contributed by atoms with Gasteiger partial charge in [-0.2, -0.15) is 4.90 Å². The molecule has 0 radical (unpaired) electrons. The van der Waals surface area contributed by atoms with Gasteiger partial charge in [0.25, 0.3) is 5.91 Å². The van der Waals surface area contributed by atoms with Crippen LogP contribution in [-0.2, 0) is 17.4 Å². The first-order valence-electron chi connectivity index (χ1n) is 15.0. The number of carbonyl (C=O) groups is 2. The second kappa shape index (κ2) is 22.9. The summed E-state index contributed by atoms with van der Waals surface area (Å²) >= 11 is 5.25. The van der Waals surface area contributed by atoms with E-state index in [1.54, 1.807) is 19.1 Å². The summed E-state index contributed by atoms with van der Waals surface area (Å²) in [7, 11) is 0. The van der Waals surface area contributed by atoms with Crippen LogP contribution in [-0.4, -0.2) is 16.7 Å². The number of unbranched alkanes of at least 4 members (excludes halogenated alkanes) is 1. The molecule has 0 saturated carbocycles. The zero-order valence-corrected chi connectivity index (χ0v) is 32.4. The molecule has 42 heavy (non-hydrogen) atoms. The monoisotopic (exact) mass is 616 g/mol. The van der Waals surface area contributed by atoms with E-state index >= 15 is 0 Å². The fourth-order valence-electron chi connectivity index (χ4n) is 3.56. The molecule has 2 heterocycles. The van der Waals surface area contributed by atoms with Crippen molar-refractivity contribution in [1.29, 1.82) is 0 Å². The van der Waals surface area contributed by atoms with Crippen molar-refractivity contribution >= 4 is 41.7 Å². The Morgan fingerprint density at radius 2 is 1.40 bits per heavy atom. The predicted octanol–water partition coefficient (Wildman–Crippen LogP) is 7.75. The van der Waals surface area contributed by atoms with Crippen LogP contribution in [0, 0.1) is 18.8 Å². The van der Waals surface area contributed by atoms with Crippen LogP contribution in [0.3, 0.4) is 0 Å². The van der Waals surface area contributed by atoms with Crippen LogP contribution in [0.5, 0.6) is 0 Å². The molecule has 6 heteroatoms. The number of anilines is 1. The van der Waals surface area contributed by atoms with Crippen LogP contribution in [0.15, 0.2) is 53.4 Å². The number of hydrogen-bond donors (Lipinski definition) is 2. The average Bonchev–Trinajstić information content (AvgIpc) is 3.40. The molecule has 2 aromatic carbocycles. The number of rotatable bonds is 4. The largest absolute Gasteiger partial charge is 1.00 e. The van der Waals surface area contributed by atoms with Gasteiger partial charge in [0.15, 0.2) is 5.78 Å². The summed E-state index contributed by atoms with van der Waals surface area (Å²) in [6, 6.07) is 15.1. The van der Waals surface area contributed by atoms with Gasteiger partial charge < -0.3 is 22.9 Å². The molecule has 1 aliphatic rings. The quantitative estimate of drug-likeness (QED) is 0.136. The minimum atomic E-state index is -0.179. The molecule has 1 aromatic heterocycles. The number of hydrogen-bond acceptors (Lipinski definition) is 3. The van der Waals surface area contributed by atoms with E-state index in [4.69, 9.17) is 12.6 Å². The molecule has 0 saturated heterocycles. The predicted molar refractivity (Wildman–Crippen MR) is 182 cm³/mol. The van der Waals surface area contributed by atoms with Crippen LogP contribution < -0.4 is 56.7 Å². The number of carbonyl (C=O) groups excluding carboxylic acids is 2. The summed E-state index contributed by atoms with van der Waals surface area (Å²) < 4.78 is 0. The van der Waals surface area contributed by atoms with Gasteiger partial charge in [0.1, 0.15) is 0 Å². The number of fused-ring (bicyclic) bond motifs is 1. The molecule has 0 aliphatic carbocycles. The van der Waals surface area contributed by atoms with Crippen LogP contribution >= 0.6 is 0 Å². The number of aryl methyl sites for hydroxylation is 1. The van der Waals surface area contributed by atoms with E-state index in [1.807, 2.05) is 63.2 Å². The molecular formula is C36H53KN2O2S. The first kappa shape index (κ1) is 42.6. The van der Waals surface area contributed by atoms with Crippen molar-refractivity contribution in [3.8, 4) is 11.1 Å². The van der Waals surface area contributed by atoms with Crippen molar-refractivity contribution in [2.45, 2.75) is 101 Å². The molecule has 3 aromatic rings. The van der Waals surface area contributed by atoms with Gasteiger partial charge >= 0.3 is 51.4 Å². The SMILES string of the molecule is CC.CC(=O)c1c(C)[nH]c(/C=C2\C(=O)Nc3ccc([S-])cc32)c1-c1ccccc1.CC(C)C.CC(C)C.CCCC.[K+]. The van der Waals surface area contributed by atoms with E-state index in [2.05, 4.69) is 65.7 Å². The van der Waals surface area contributed by atoms with Crippen molar-refractivity contribution in [2.24, 2.45) is 11.8 Å². The number of amides is 1. The first-order valence-corrected chi connectivity index (χ1v) is 15.4. The van der Waals surface area contributed by atoms with Gasteiger partial charge in [0, 0.05) is 33.8 Å². The van der Waals surface area contributed by atoms with Crippen molar-refractivity contribution in [2.75, 3.05) is 5.32 Å². The molecule has 0 spiro atoms. The molecule has 226 valence electrons. The van der Waals surface area contributed by atoms with Gasteiger partial charge in [-0.3, -0.25) is 9.59 Å². The number of benzene rings is 2. The van der Waals surface area contributed by atoms with E-state index in [0.29, 0.717) is 16.0 Å². The zero-order valence-electron chi connectivity index (χ0n) is 28.5. The molecule has 2 N–H and O–H groups in total. The van der Waals surface area contributed by atoms with E-state index < -0.39 is 0 Å². The van der Waals surface area contributed by atoms with E-state index in [0.717, 1.165) is 45.6 Å².